The normalized spacial score (nSPS) is 15.2. The van der Waals surface area contributed by atoms with Gasteiger partial charge in [0.05, 0.1) is 20.8 Å². The van der Waals surface area contributed by atoms with Gasteiger partial charge in [-0.2, -0.15) is 0 Å². The van der Waals surface area contributed by atoms with E-state index >= 15 is 0 Å². The fourth-order valence-corrected chi connectivity index (χ4v) is 4.66. The van der Waals surface area contributed by atoms with Crippen LogP contribution in [-0.4, -0.2) is 37.6 Å². The topological polar surface area (TPSA) is 77.6 Å². The number of aromatic amines is 1. The lowest BCUT2D eigenvalue weighted by Crippen LogP contribution is -2.20. The molecule has 1 aromatic heterocycles. The van der Waals surface area contributed by atoms with Crippen LogP contribution in [0.4, 0.5) is 0 Å². The molecule has 6 heteroatoms. The Balaban J connectivity index is 1.78. The van der Waals surface area contributed by atoms with E-state index in [9.17, 15) is 9.59 Å². The van der Waals surface area contributed by atoms with Crippen LogP contribution in [0.2, 0.25) is 0 Å². The molecule has 1 N–H and O–H groups in total. The van der Waals surface area contributed by atoms with Crippen molar-refractivity contribution in [2.24, 2.45) is 0 Å². The molecule has 0 saturated carbocycles. The first kappa shape index (κ1) is 22.6. The number of methoxy groups -OCH3 is 2. The summed E-state index contributed by atoms with van der Waals surface area (Å²) in [5.74, 6) is 0.924. The zero-order valence-electron chi connectivity index (χ0n) is 19.5. The summed E-state index contributed by atoms with van der Waals surface area (Å²) in [4.78, 5) is 29.5. The number of carbonyl (C=O) groups excluding carboxylic acids is 2. The fraction of sp³-hybridized carbons (Fsp3) is 0.333. The smallest absolute Gasteiger partial charge is 0.355 e. The number of aromatic nitrogens is 1. The molecule has 33 heavy (non-hydrogen) atoms. The minimum Gasteiger partial charge on any atom is -0.497 e. The van der Waals surface area contributed by atoms with E-state index in [1.54, 1.807) is 21.1 Å². The quantitative estimate of drug-likeness (QED) is 0.515. The van der Waals surface area contributed by atoms with Crippen molar-refractivity contribution in [1.82, 2.24) is 4.98 Å². The highest BCUT2D eigenvalue weighted by molar-refractivity contribution is 6.04. The molecule has 6 nitrogen and oxygen atoms in total. The number of carbonyl (C=O) groups is 2. The van der Waals surface area contributed by atoms with Crippen LogP contribution in [0.25, 0.3) is 0 Å². The molecule has 1 aliphatic carbocycles. The highest BCUT2D eigenvalue weighted by atomic mass is 16.5. The van der Waals surface area contributed by atoms with E-state index in [0.29, 0.717) is 42.0 Å². The van der Waals surface area contributed by atoms with Gasteiger partial charge in [-0.3, -0.25) is 4.79 Å². The number of nitrogens with one attached hydrogen (secondary N) is 1. The molecule has 3 aromatic rings. The molecule has 0 bridgehead atoms. The van der Waals surface area contributed by atoms with E-state index < -0.39 is 5.97 Å². The molecule has 0 aliphatic heterocycles. The Labute approximate surface area is 193 Å². The van der Waals surface area contributed by atoms with Crippen molar-refractivity contribution in [3.05, 3.63) is 81.7 Å². The van der Waals surface area contributed by atoms with Crippen LogP contribution in [0.15, 0.2) is 42.5 Å². The lowest BCUT2D eigenvalue weighted by atomic mass is 9.80. The van der Waals surface area contributed by atoms with Crippen molar-refractivity contribution in [1.29, 1.82) is 0 Å². The van der Waals surface area contributed by atoms with Gasteiger partial charge >= 0.3 is 5.97 Å². The second-order valence-corrected chi connectivity index (χ2v) is 8.29. The third-order valence-electron chi connectivity index (χ3n) is 6.33. The fourth-order valence-electron chi connectivity index (χ4n) is 4.66. The Morgan fingerprint density at radius 2 is 1.88 bits per heavy atom. The van der Waals surface area contributed by atoms with Crippen molar-refractivity contribution in [2.75, 3.05) is 20.8 Å². The summed E-state index contributed by atoms with van der Waals surface area (Å²) in [6.45, 7) is 4.08. The zero-order valence-corrected chi connectivity index (χ0v) is 19.5. The predicted molar refractivity (Wildman–Crippen MR) is 126 cm³/mol. The summed E-state index contributed by atoms with van der Waals surface area (Å²) >= 11 is 0. The van der Waals surface area contributed by atoms with Gasteiger partial charge < -0.3 is 19.2 Å². The van der Waals surface area contributed by atoms with Crippen molar-refractivity contribution in [3.8, 4) is 11.5 Å². The van der Waals surface area contributed by atoms with Crippen LogP contribution in [0.1, 0.15) is 68.1 Å². The number of H-pyrrole nitrogens is 1. The van der Waals surface area contributed by atoms with E-state index in [4.69, 9.17) is 14.2 Å². The average Bonchev–Trinajstić information content (AvgIpc) is 3.19. The Morgan fingerprint density at radius 1 is 1.09 bits per heavy atom. The zero-order chi connectivity index (χ0) is 23.5. The molecule has 0 fully saturated rings. The van der Waals surface area contributed by atoms with Crippen molar-refractivity contribution >= 4 is 11.8 Å². The van der Waals surface area contributed by atoms with Crippen LogP contribution < -0.4 is 9.47 Å². The van der Waals surface area contributed by atoms with E-state index in [1.165, 1.54) is 0 Å². The molecule has 1 unspecified atom stereocenters. The van der Waals surface area contributed by atoms with Crippen molar-refractivity contribution in [2.45, 2.75) is 39.0 Å². The second-order valence-electron chi connectivity index (χ2n) is 8.29. The summed E-state index contributed by atoms with van der Waals surface area (Å²) in [6.07, 6.45) is 1.41. The van der Waals surface area contributed by atoms with Crippen LogP contribution in [0, 0.1) is 6.92 Å². The van der Waals surface area contributed by atoms with Crippen LogP contribution >= 0.6 is 0 Å². The Hall–Kier alpha value is -3.54. The Morgan fingerprint density at radius 3 is 2.58 bits per heavy atom. The molecule has 0 amide bonds. The highest BCUT2D eigenvalue weighted by Crippen LogP contribution is 2.40. The SMILES string of the molecule is CCOC(=O)c1[nH]c2c(c1Cc1ccccc1C)C(=O)CC(c1cc(OC)ccc1OC)C2. The number of rotatable bonds is 7. The van der Waals surface area contributed by atoms with Gasteiger partial charge in [0.25, 0.3) is 0 Å². The summed E-state index contributed by atoms with van der Waals surface area (Å²) in [7, 11) is 3.24. The number of hydrogen-bond acceptors (Lipinski definition) is 5. The largest absolute Gasteiger partial charge is 0.497 e. The van der Waals surface area contributed by atoms with Gasteiger partial charge in [-0.05, 0) is 55.2 Å². The molecule has 1 atom stereocenters. The van der Waals surface area contributed by atoms with Gasteiger partial charge in [0.1, 0.15) is 17.2 Å². The first-order valence-electron chi connectivity index (χ1n) is 11.2. The minimum absolute atomic E-state index is 0.0153. The molecule has 1 heterocycles. The summed E-state index contributed by atoms with van der Waals surface area (Å²) in [5, 5.41) is 0. The second kappa shape index (κ2) is 9.53. The lowest BCUT2D eigenvalue weighted by molar-refractivity contribution is 0.0519. The van der Waals surface area contributed by atoms with Gasteiger partial charge in [-0.15, -0.1) is 0 Å². The van der Waals surface area contributed by atoms with E-state index in [1.807, 2.05) is 49.4 Å². The average molecular weight is 448 g/mol. The predicted octanol–water partition coefficient (Wildman–Crippen LogP) is 5.02. The number of benzene rings is 2. The molecule has 4 rings (SSSR count). The van der Waals surface area contributed by atoms with E-state index in [2.05, 4.69) is 4.98 Å². The third-order valence-corrected chi connectivity index (χ3v) is 6.33. The molecule has 0 radical (unpaired) electrons. The maximum atomic E-state index is 13.5. The molecule has 172 valence electrons. The van der Waals surface area contributed by atoms with Crippen molar-refractivity contribution < 1.29 is 23.8 Å². The number of Topliss-reactive ketones (excluding diaryl/α,β-unsaturated/α-hetero) is 1. The van der Waals surface area contributed by atoms with Gasteiger partial charge in [-0.25, -0.2) is 4.79 Å². The van der Waals surface area contributed by atoms with Gasteiger partial charge in [-0.1, -0.05) is 24.3 Å². The Kier molecular flexibility index (Phi) is 6.54. The lowest BCUT2D eigenvalue weighted by Gasteiger charge is -2.24. The van der Waals surface area contributed by atoms with Gasteiger partial charge in [0.2, 0.25) is 0 Å². The van der Waals surface area contributed by atoms with Crippen LogP contribution in [-0.2, 0) is 17.6 Å². The first-order valence-corrected chi connectivity index (χ1v) is 11.2. The summed E-state index contributed by atoms with van der Waals surface area (Å²) in [6, 6.07) is 13.6. The van der Waals surface area contributed by atoms with Crippen molar-refractivity contribution in [3.63, 3.8) is 0 Å². The number of ether oxygens (including phenoxy) is 3. The Bertz CT molecular complexity index is 1190. The first-order chi connectivity index (χ1) is 16.0. The number of ketones is 1. The van der Waals surface area contributed by atoms with Crippen LogP contribution in [0.5, 0.6) is 11.5 Å². The standard InChI is InChI=1S/C27H29NO5/c1-5-33-27(30)26-21(12-17-9-7-6-8-16(17)2)25-22(28-26)13-18(14-23(25)29)20-15-19(31-3)10-11-24(20)32-4/h6-11,15,18,28H,5,12-14H2,1-4H3. The summed E-state index contributed by atoms with van der Waals surface area (Å²) < 4.78 is 16.3. The monoisotopic (exact) mass is 447 g/mol. The molecule has 0 spiro atoms. The number of esters is 1. The third kappa shape index (κ3) is 4.38. The molecule has 2 aromatic carbocycles. The molecule has 1 aliphatic rings. The summed E-state index contributed by atoms with van der Waals surface area (Å²) in [5.41, 5.74) is 5.60. The van der Waals surface area contributed by atoms with E-state index in [-0.39, 0.29) is 18.3 Å². The molecule has 0 saturated heterocycles. The highest BCUT2D eigenvalue weighted by Gasteiger charge is 2.35. The van der Waals surface area contributed by atoms with Gasteiger partial charge in [0, 0.05) is 35.6 Å². The van der Waals surface area contributed by atoms with E-state index in [0.717, 1.165) is 27.9 Å². The van der Waals surface area contributed by atoms with Crippen LogP contribution in [0.3, 0.4) is 0 Å². The van der Waals surface area contributed by atoms with Gasteiger partial charge in [0.15, 0.2) is 5.78 Å². The number of hydrogen-bond donors (Lipinski definition) is 1. The maximum absolute atomic E-state index is 13.5. The molecular weight excluding hydrogens is 418 g/mol. The molecular formula is C27H29NO5. The minimum atomic E-state index is -0.432. The maximum Gasteiger partial charge on any atom is 0.355 e. The number of aryl methyl sites for hydroxylation is 1. The number of fused-ring (bicyclic) bond motifs is 1.